The Morgan fingerprint density at radius 1 is 1.05 bits per heavy atom. The number of hydrogen-bond acceptors (Lipinski definition) is 6. The Morgan fingerprint density at radius 2 is 1.82 bits per heavy atom. The molecular weight excluding hydrogens is 278 g/mol. The van der Waals surface area contributed by atoms with Gasteiger partial charge in [0.05, 0.1) is 0 Å². The van der Waals surface area contributed by atoms with Crippen molar-refractivity contribution in [2.45, 2.75) is 27.2 Å². The lowest BCUT2D eigenvalue weighted by Crippen LogP contribution is -2.08. The van der Waals surface area contributed by atoms with Crippen molar-refractivity contribution in [2.24, 2.45) is 5.92 Å². The van der Waals surface area contributed by atoms with Gasteiger partial charge in [0, 0.05) is 24.2 Å². The highest BCUT2D eigenvalue weighted by Crippen LogP contribution is 2.28. The Kier molecular flexibility index (Phi) is 4.00. The van der Waals surface area contributed by atoms with E-state index in [0.29, 0.717) is 23.4 Å². The molecular formula is C16H19N5O. The van der Waals surface area contributed by atoms with E-state index >= 15 is 0 Å². The van der Waals surface area contributed by atoms with Crippen LogP contribution in [0.2, 0.25) is 0 Å². The maximum absolute atomic E-state index is 5.48. The van der Waals surface area contributed by atoms with Gasteiger partial charge in [-0.1, -0.05) is 38.1 Å². The van der Waals surface area contributed by atoms with E-state index in [-0.39, 0.29) is 0 Å². The zero-order chi connectivity index (χ0) is 15.5. The topological polar surface area (TPSA) is 76.7 Å². The molecule has 0 saturated carbocycles. The van der Waals surface area contributed by atoms with Gasteiger partial charge in [-0.05, 0) is 12.3 Å². The minimum Gasteiger partial charge on any atom is -0.420 e. The summed E-state index contributed by atoms with van der Waals surface area (Å²) in [5.41, 5.74) is 0.616. The van der Waals surface area contributed by atoms with E-state index in [1.54, 1.807) is 6.92 Å². The van der Waals surface area contributed by atoms with Crippen molar-refractivity contribution in [1.29, 1.82) is 0 Å². The first kappa shape index (κ1) is 14.4. The van der Waals surface area contributed by atoms with Gasteiger partial charge < -0.3 is 9.73 Å². The van der Waals surface area contributed by atoms with Crippen LogP contribution >= 0.6 is 0 Å². The van der Waals surface area contributed by atoms with Gasteiger partial charge in [-0.2, -0.15) is 0 Å². The maximum atomic E-state index is 5.48. The second-order valence-electron chi connectivity index (χ2n) is 5.68. The standard InChI is InChI=1S/C16H19N5O/c1-10(2)8-9-17-15-13-7-5-4-6-12(13)14(19-20-15)16-21-18-11(3)22-16/h4-7,10H,8-9H2,1-3H3,(H,17,20). The van der Waals surface area contributed by atoms with Crippen LogP contribution in [0.3, 0.4) is 0 Å². The number of nitrogens with one attached hydrogen (secondary N) is 1. The molecule has 0 bridgehead atoms. The fourth-order valence-corrected chi connectivity index (χ4v) is 2.26. The van der Waals surface area contributed by atoms with E-state index in [9.17, 15) is 0 Å². The molecule has 2 aromatic heterocycles. The molecule has 3 rings (SSSR count). The molecule has 1 aromatic carbocycles. The molecule has 0 saturated heterocycles. The van der Waals surface area contributed by atoms with Crippen LogP contribution in [0.4, 0.5) is 5.82 Å². The molecule has 0 aliphatic rings. The van der Waals surface area contributed by atoms with Crippen molar-refractivity contribution in [2.75, 3.05) is 11.9 Å². The Morgan fingerprint density at radius 3 is 2.50 bits per heavy atom. The normalized spacial score (nSPS) is 11.3. The molecule has 0 atom stereocenters. The Bertz CT molecular complexity index is 781. The molecule has 6 heteroatoms. The van der Waals surface area contributed by atoms with E-state index in [0.717, 1.165) is 29.6 Å². The SMILES string of the molecule is Cc1nnc(-c2nnc(NCCC(C)C)c3ccccc23)o1. The van der Waals surface area contributed by atoms with Crippen LogP contribution in [0.15, 0.2) is 28.7 Å². The summed E-state index contributed by atoms with van der Waals surface area (Å²) in [4.78, 5) is 0. The Balaban J connectivity index is 2.00. The van der Waals surface area contributed by atoms with Gasteiger partial charge in [-0.25, -0.2) is 0 Å². The number of rotatable bonds is 5. The molecule has 1 N–H and O–H groups in total. The molecule has 6 nitrogen and oxygen atoms in total. The largest absolute Gasteiger partial charge is 0.420 e. The van der Waals surface area contributed by atoms with Crippen LogP contribution in [0.1, 0.15) is 26.2 Å². The quantitative estimate of drug-likeness (QED) is 0.777. The van der Waals surface area contributed by atoms with Crippen molar-refractivity contribution in [3.05, 3.63) is 30.2 Å². The smallest absolute Gasteiger partial charge is 0.268 e. The van der Waals surface area contributed by atoms with Gasteiger partial charge >= 0.3 is 0 Å². The summed E-state index contributed by atoms with van der Waals surface area (Å²) in [7, 11) is 0. The van der Waals surface area contributed by atoms with Gasteiger partial charge in [-0.15, -0.1) is 20.4 Å². The lowest BCUT2D eigenvalue weighted by atomic mass is 10.1. The molecule has 3 aromatic rings. The Hall–Kier alpha value is -2.50. The minimum atomic E-state index is 0.398. The third-order valence-corrected chi connectivity index (χ3v) is 3.43. The molecule has 0 aliphatic heterocycles. The third-order valence-electron chi connectivity index (χ3n) is 3.43. The van der Waals surface area contributed by atoms with E-state index < -0.39 is 0 Å². The van der Waals surface area contributed by atoms with E-state index in [1.807, 2.05) is 24.3 Å². The van der Waals surface area contributed by atoms with Crippen LogP contribution < -0.4 is 5.32 Å². The van der Waals surface area contributed by atoms with Crippen LogP contribution in [0, 0.1) is 12.8 Å². The third kappa shape index (κ3) is 2.90. The zero-order valence-electron chi connectivity index (χ0n) is 13.0. The molecule has 0 unspecified atom stereocenters. The number of nitrogens with zero attached hydrogens (tertiary/aromatic N) is 4. The first-order chi connectivity index (χ1) is 10.6. The summed E-state index contributed by atoms with van der Waals surface area (Å²) in [5, 5.41) is 21.8. The molecule has 0 fully saturated rings. The predicted molar refractivity (Wildman–Crippen MR) is 85.5 cm³/mol. The second-order valence-corrected chi connectivity index (χ2v) is 5.68. The fourth-order valence-electron chi connectivity index (χ4n) is 2.26. The van der Waals surface area contributed by atoms with Gasteiger partial charge in [0.15, 0.2) is 11.5 Å². The van der Waals surface area contributed by atoms with E-state index in [1.165, 1.54) is 0 Å². The number of hydrogen-bond donors (Lipinski definition) is 1. The number of benzene rings is 1. The molecule has 114 valence electrons. The molecule has 22 heavy (non-hydrogen) atoms. The van der Waals surface area contributed by atoms with Crippen molar-refractivity contribution >= 4 is 16.6 Å². The minimum absolute atomic E-state index is 0.398. The molecule has 2 heterocycles. The fraction of sp³-hybridized carbons (Fsp3) is 0.375. The van der Waals surface area contributed by atoms with Gasteiger partial charge in [0.25, 0.3) is 5.89 Å². The van der Waals surface area contributed by atoms with Crippen molar-refractivity contribution in [1.82, 2.24) is 20.4 Å². The van der Waals surface area contributed by atoms with E-state index in [4.69, 9.17) is 4.42 Å². The summed E-state index contributed by atoms with van der Waals surface area (Å²) >= 11 is 0. The lowest BCUT2D eigenvalue weighted by Gasteiger charge is -2.10. The maximum Gasteiger partial charge on any atom is 0.268 e. The first-order valence-electron chi connectivity index (χ1n) is 7.45. The first-order valence-corrected chi connectivity index (χ1v) is 7.45. The number of anilines is 1. The summed E-state index contributed by atoms with van der Waals surface area (Å²) in [6.07, 6.45) is 1.08. The van der Waals surface area contributed by atoms with Gasteiger partial charge in [0.1, 0.15) is 0 Å². The van der Waals surface area contributed by atoms with Gasteiger partial charge in [-0.3, -0.25) is 0 Å². The van der Waals surface area contributed by atoms with Crippen LogP contribution in [0.25, 0.3) is 22.4 Å². The monoisotopic (exact) mass is 297 g/mol. The highest BCUT2D eigenvalue weighted by Gasteiger charge is 2.15. The van der Waals surface area contributed by atoms with E-state index in [2.05, 4.69) is 39.6 Å². The van der Waals surface area contributed by atoms with Crippen molar-refractivity contribution in [3.8, 4) is 11.6 Å². The van der Waals surface area contributed by atoms with Crippen LogP contribution in [0.5, 0.6) is 0 Å². The molecule has 0 radical (unpaired) electrons. The Labute approximate surface area is 129 Å². The van der Waals surface area contributed by atoms with Crippen molar-refractivity contribution < 1.29 is 4.42 Å². The molecule has 0 amide bonds. The van der Waals surface area contributed by atoms with Gasteiger partial charge in [0.2, 0.25) is 5.89 Å². The highest BCUT2D eigenvalue weighted by molar-refractivity contribution is 5.98. The average Bonchev–Trinajstić information content (AvgIpc) is 2.93. The predicted octanol–water partition coefficient (Wildman–Crippen LogP) is 3.45. The average molecular weight is 297 g/mol. The summed E-state index contributed by atoms with van der Waals surface area (Å²) in [6.45, 7) is 7.03. The number of fused-ring (bicyclic) bond motifs is 1. The number of aryl methyl sites for hydroxylation is 1. The summed E-state index contributed by atoms with van der Waals surface area (Å²) in [5.74, 6) is 2.35. The molecule has 0 aliphatic carbocycles. The van der Waals surface area contributed by atoms with Crippen LogP contribution in [-0.4, -0.2) is 26.9 Å². The second kappa shape index (κ2) is 6.09. The number of aromatic nitrogens is 4. The summed E-state index contributed by atoms with van der Waals surface area (Å²) < 4.78 is 5.48. The lowest BCUT2D eigenvalue weighted by molar-refractivity contribution is 0.531. The van der Waals surface area contributed by atoms with Crippen molar-refractivity contribution in [3.63, 3.8) is 0 Å². The highest BCUT2D eigenvalue weighted by atomic mass is 16.4. The zero-order valence-corrected chi connectivity index (χ0v) is 13.0. The van der Waals surface area contributed by atoms with Crippen LogP contribution in [-0.2, 0) is 0 Å². The molecule has 0 spiro atoms. The summed E-state index contributed by atoms with van der Waals surface area (Å²) in [6, 6.07) is 7.97.